The molecule has 0 aliphatic carbocycles. The normalized spacial score (nSPS) is 35.4. The van der Waals surface area contributed by atoms with Gasteiger partial charge in [0.2, 0.25) is 5.79 Å². The molecule has 0 aromatic rings. The lowest BCUT2D eigenvalue weighted by Crippen LogP contribution is -2.62. The maximum atomic E-state index is 13.5. The number of unbranched alkanes of at least 4 members (excludes halogenated alkanes) is 1. The van der Waals surface area contributed by atoms with Crippen LogP contribution in [0.5, 0.6) is 0 Å². The van der Waals surface area contributed by atoms with Gasteiger partial charge in [0.25, 0.3) is 0 Å². The molecule has 11 unspecified atom stereocenters. The molecule has 4 rings (SSSR count). The van der Waals surface area contributed by atoms with Gasteiger partial charge < -0.3 is 53.6 Å². The first-order valence-corrected chi connectivity index (χ1v) is 22.1. The van der Waals surface area contributed by atoms with Gasteiger partial charge in [-0.1, -0.05) is 83.1 Å². The second-order valence-corrected chi connectivity index (χ2v) is 18.3. The van der Waals surface area contributed by atoms with Crippen LogP contribution in [0.1, 0.15) is 113 Å². The number of hydrogen-bond acceptors (Lipinski definition) is 17. The lowest BCUT2D eigenvalue weighted by Gasteiger charge is -2.53. The zero-order valence-corrected chi connectivity index (χ0v) is 38.7. The van der Waals surface area contributed by atoms with Gasteiger partial charge in [-0.25, -0.2) is 19.4 Å². The van der Waals surface area contributed by atoms with E-state index in [1.807, 2.05) is 19.1 Å². The minimum atomic E-state index is -2.42. The summed E-state index contributed by atoms with van der Waals surface area (Å²) in [6.07, 6.45) is 4.36. The van der Waals surface area contributed by atoms with Gasteiger partial charge in [0.15, 0.2) is 11.9 Å². The smallest absolute Gasteiger partial charge is 0.331 e. The average Bonchev–Trinajstić information content (AvgIpc) is 3.19. The number of esters is 4. The van der Waals surface area contributed by atoms with Crippen LogP contribution < -0.4 is 0 Å². The molecule has 0 aromatic carbocycles. The SMILES string of the molecule is CCCC=CC=CC(=O)OC1C(=CC(=O)OC)CC2CC(C(C)O)OC(=O)CC(O)CC3CC(OC(C)=O)C(C)(C)C(O)(CC4CC(=CCOOC)CC(C=CC(C)(C)C1(O)O2)O4)O3. The Labute approximate surface area is 376 Å². The molecule has 0 amide bonds. The highest BCUT2D eigenvalue weighted by Crippen LogP contribution is 2.50. The number of fused-ring (bicyclic) bond motifs is 6. The number of carbonyl (C=O) groups excluding carboxylic acids is 4. The van der Waals surface area contributed by atoms with Crippen LogP contribution >= 0.6 is 0 Å². The fourth-order valence-electron chi connectivity index (χ4n) is 8.62. The van der Waals surface area contributed by atoms with E-state index in [0.717, 1.165) is 24.5 Å². The van der Waals surface area contributed by atoms with Crippen LogP contribution in [0.2, 0.25) is 0 Å². The number of methoxy groups -OCH3 is 1. The summed E-state index contributed by atoms with van der Waals surface area (Å²) in [4.78, 5) is 62.1. The fourth-order valence-corrected chi connectivity index (χ4v) is 8.62. The van der Waals surface area contributed by atoms with Gasteiger partial charge in [-0.3, -0.25) is 9.59 Å². The minimum Gasteiger partial charge on any atom is -0.466 e. The molecule has 3 saturated heterocycles. The first kappa shape index (κ1) is 52.8. The van der Waals surface area contributed by atoms with E-state index in [2.05, 4.69) is 0 Å². The van der Waals surface area contributed by atoms with Crippen molar-refractivity contribution >= 4 is 23.9 Å². The summed E-state index contributed by atoms with van der Waals surface area (Å²) < 4.78 is 42.0. The predicted octanol–water partition coefficient (Wildman–Crippen LogP) is 4.68. The highest BCUT2D eigenvalue weighted by Gasteiger charge is 2.59. The average molecular weight is 907 g/mol. The van der Waals surface area contributed by atoms with Gasteiger partial charge in [0, 0.05) is 50.2 Å². The molecule has 6 bridgehead atoms. The molecular formula is C47H70O17. The summed E-state index contributed by atoms with van der Waals surface area (Å²) >= 11 is 0. The maximum absolute atomic E-state index is 13.5. The van der Waals surface area contributed by atoms with Crippen molar-refractivity contribution in [3.8, 4) is 0 Å². The molecule has 0 radical (unpaired) electrons. The second-order valence-electron chi connectivity index (χ2n) is 18.3. The van der Waals surface area contributed by atoms with Crippen molar-refractivity contribution in [3.05, 3.63) is 59.8 Å². The fraction of sp³-hybridized carbons (Fsp3) is 0.702. The topological polar surface area (TPSA) is 232 Å². The first-order chi connectivity index (χ1) is 30.1. The lowest BCUT2D eigenvalue weighted by atomic mass is 9.70. The summed E-state index contributed by atoms with van der Waals surface area (Å²) in [7, 11) is 2.57. The molecule has 360 valence electrons. The highest BCUT2D eigenvalue weighted by atomic mass is 17.2. The Morgan fingerprint density at radius 3 is 2.33 bits per heavy atom. The molecule has 17 nitrogen and oxygen atoms in total. The minimum absolute atomic E-state index is 0.106. The van der Waals surface area contributed by atoms with Gasteiger partial charge in [-0.05, 0) is 38.2 Å². The van der Waals surface area contributed by atoms with E-state index < -0.39 is 108 Å². The summed E-state index contributed by atoms with van der Waals surface area (Å²) in [6, 6.07) is 0. The third-order valence-corrected chi connectivity index (χ3v) is 12.4. The Kier molecular flexibility index (Phi) is 19.1. The number of aliphatic hydroxyl groups excluding tert-OH is 2. The van der Waals surface area contributed by atoms with E-state index in [4.69, 9.17) is 42.9 Å². The molecule has 4 aliphatic rings. The van der Waals surface area contributed by atoms with Gasteiger partial charge in [0.05, 0.1) is 62.7 Å². The zero-order chi connectivity index (χ0) is 47.5. The molecule has 0 aromatic heterocycles. The van der Waals surface area contributed by atoms with Gasteiger partial charge in [-0.2, -0.15) is 0 Å². The molecule has 11 atom stereocenters. The first-order valence-electron chi connectivity index (χ1n) is 22.1. The summed E-state index contributed by atoms with van der Waals surface area (Å²) in [5.41, 5.74) is -1.64. The van der Waals surface area contributed by atoms with E-state index in [1.54, 1.807) is 45.9 Å². The van der Waals surface area contributed by atoms with Crippen molar-refractivity contribution in [2.45, 2.75) is 179 Å². The van der Waals surface area contributed by atoms with E-state index in [9.17, 15) is 39.6 Å². The Bertz CT molecular complexity index is 1760. The van der Waals surface area contributed by atoms with Crippen molar-refractivity contribution < 1.29 is 82.5 Å². The number of rotatable bonds is 11. The number of allylic oxidation sites excluding steroid dienone is 3. The monoisotopic (exact) mass is 906 g/mol. The highest BCUT2D eigenvalue weighted by molar-refractivity contribution is 5.84. The van der Waals surface area contributed by atoms with Crippen molar-refractivity contribution in [2.75, 3.05) is 20.8 Å². The maximum Gasteiger partial charge on any atom is 0.331 e. The quantitative estimate of drug-likeness (QED) is 0.0322. The molecule has 0 spiro atoms. The van der Waals surface area contributed by atoms with Crippen LogP contribution in [0.25, 0.3) is 0 Å². The molecule has 4 aliphatic heterocycles. The van der Waals surface area contributed by atoms with E-state index in [1.165, 1.54) is 40.2 Å². The second kappa shape index (κ2) is 23.1. The Morgan fingerprint density at radius 1 is 0.938 bits per heavy atom. The van der Waals surface area contributed by atoms with Crippen LogP contribution in [0.4, 0.5) is 0 Å². The lowest BCUT2D eigenvalue weighted by molar-refractivity contribution is -0.348. The third-order valence-electron chi connectivity index (χ3n) is 12.4. The molecular weight excluding hydrogens is 836 g/mol. The predicted molar refractivity (Wildman–Crippen MR) is 229 cm³/mol. The van der Waals surface area contributed by atoms with Crippen LogP contribution in [0.3, 0.4) is 0 Å². The van der Waals surface area contributed by atoms with E-state index in [-0.39, 0.29) is 44.3 Å². The summed E-state index contributed by atoms with van der Waals surface area (Å²) in [5.74, 6) is -7.49. The number of ether oxygens (including phenoxy) is 7. The van der Waals surface area contributed by atoms with E-state index in [0.29, 0.717) is 12.8 Å². The molecule has 64 heavy (non-hydrogen) atoms. The summed E-state index contributed by atoms with van der Waals surface area (Å²) in [5, 5.41) is 47.6. The van der Waals surface area contributed by atoms with Crippen molar-refractivity contribution in [3.63, 3.8) is 0 Å². The Morgan fingerprint density at radius 2 is 1.67 bits per heavy atom. The van der Waals surface area contributed by atoms with Gasteiger partial charge in [0.1, 0.15) is 18.8 Å². The van der Waals surface area contributed by atoms with Crippen LogP contribution in [0, 0.1) is 10.8 Å². The van der Waals surface area contributed by atoms with Gasteiger partial charge in [-0.15, -0.1) is 0 Å². The van der Waals surface area contributed by atoms with Crippen LogP contribution in [-0.4, -0.2) is 132 Å². The zero-order valence-electron chi connectivity index (χ0n) is 38.7. The molecule has 4 heterocycles. The number of cyclic esters (lactones) is 1. The molecule has 3 fully saturated rings. The Balaban J connectivity index is 1.87. The van der Waals surface area contributed by atoms with Crippen molar-refractivity contribution in [2.24, 2.45) is 10.8 Å². The third kappa shape index (κ3) is 13.9. The van der Waals surface area contributed by atoms with Crippen molar-refractivity contribution in [1.82, 2.24) is 0 Å². The summed E-state index contributed by atoms with van der Waals surface area (Å²) in [6.45, 7) is 11.5. The molecule has 0 saturated carbocycles. The van der Waals surface area contributed by atoms with Crippen LogP contribution in [0.15, 0.2) is 59.8 Å². The van der Waals surface area contributed by atoms with Gasteiger partial charge >= 0.3 is 23.9 Å². The number of hydrogen-bond donors (Lipinski definition) is 4. The molecule has 17 heteroatoms. The molecule has 4 N–H and O–H groups in total. The number of carbonyl (C=O) groups is 4. The largest absolute Gasteiger partial charge is 0.466 e. The number of aliphatic hydroxyl groups is 4. The van der Waals surface area contributed by atoms with Crippen molar-refractivity contribution in [1.29, 1.82) is 0 Å². The van der Waals surface area contributed by atoms with Crippen LogP contribution in [-0.2, 0) is 62.1 Å². The standard InChI is InChI=1S/C47H70O17/c1-10-11-12-13-14-15-40(51)62-43-32(23-41(52)56-8)22-35-26-38(29(2)48)61-42(53)25-33(50)24-36-27-39(59-30(3)49)45(6,7)46(54,63-36)28-37-21-31(17-19-58-57-9)20-34(60-37)16-18-44(4,5)47(43,55)64-35/h12-18,23,29,33-39,43,48,50,54-55H,10-11,19-22,24-28H2,1-9H3. The van der Waals surface area contributed by atoms with E-state index >= 15 is 0 Å². The Hall–Kier alpha value is -3.78.